The van der Waals surface area contributed by atoms with Gasteiger partial charge in [0.1, 0.15) is 12.4 Å². The molecule has 0 saturated heterocycles. The maximum absolute atomic E-state index is 12.4. The van der Waals surface area contributed by atoms with Gasteiger partial charge in [-0.3, -0.25) is 0 Å². The minimum Gasteiger partial charge on any atom is -0.492 e. The summed E-state index contributed by atoms with van der Waals surface area (Å²) in [5.41, 5.74) is -0.649. The fourth-order valence-corrected chi connectivity index (χ4v) is 2.50. The van der Waals surface area contributed by atoms with E-state index >= 15 is 0 Å². The number of halogens is 3. The summed E-state index contributed by atoms with van der Waals surface area (Å²) in [6, 6.07) is 4.81. The van der Waals surface area contributed by atoms with Gasteiger partial charge in [0, 0.05) is 6.54 Å². The molecule has 0 aromatic heterocycles. The predicted molar refractivity (Wildman–Crippen MR) is 71.8 cm³/mol. The number of ether oxygens (including phenoxy) is 1. The molecule has 0 heterocycles. The SMILES string of the molecule is FC(F)(F)c1ccc(OCCNCC2CCCC2)cc1. The van der Waals surface area contributed by atoms with Gasteiger partial charge in [-0.1, -0.05) is 12.8 Å². The Morgan fingerprint density at radius 3 is 2.35 bits per heavy atom. The zero-order chi connectivity index (χ0) is 14.4. The second-order valence-electron chi connectivity index (χ2n) is 5.23. The van der Waals surface area contributed by atoms with Crippen LogP contribution in [0.3, 0.4) is 0 Å². The van der Waals surface area contributed by atoms with Crippen LogP contribution in [0.15, 0.2) is 24.3 Å². The average Bonchev–Trinajstić information content (AvgIpc) is 2.91. The third-order valence-electron chi connectivity index (χ3n) is 3.64. The van der Waals surface area contributed by atoms with Gasteiger partial charge in [-0.2, -0.15) is 13.2 Å². The zero-order valence-corrected chi connectivity index (χ0v) is 11.4. The lowest BCUT2D eigenvalue weighted by Gasteiger charge is -2.12. The largest absolute Gasteiger partial charge is 0.492 e. The molecular formula is C15H20F3NO. The molecule has 2 nitrogen and oxygen atoms in total. The van der Waals surface area contributed by atoms with Crippen molar-refractivity contribution >= 4 is 0 Å². The number of alkyl halides is 3. The van der Waals surface area contributed by atoms with Gasteiger partial charge in [0.2, 0.25) is 0 Å². The van der Waals surface area contributed by atoms with Crippen LogP contribution in [0.25, 0.3) is 0 Å². The molecule has 1 aromatic rings. The molecule has 1 N–H and O–H groups in total. The summed E-state index contributed by atoms with van der Waals surface area (Å²) < 4.78 is 42.5. The molecule has 5 heteroatoms. The normalized spacial score (nSPS) is 16.6. The lowest BCUT2D eigenvalue weighted by Crippen LogP contribution is -2.26. The number of rotatable bonds is 6. The first kappa shape index (κ1) is 15.2. The topological polar surface area (TPSA) is 21.3 Å². The Labute approximate surface area is 117 Å². The Hall–Kier alpha value is -1.23. The van der Waals surface area contributed by atoms with Crippen LogP contribution in [0.4, 0.5) is 13.2 Å². The second kappa shape index (κ2) is 6.97. The second-order valence-corrected chi connectivity index (χ2v) is 5.23. The third-order valence-corrected chi connectivity index (χ3v) is 3.64. The van der Waals surface area contributed by atoms with Crippen LogP contribution in [0.2, 0.25) is 0 Å². The van der Waals surface area contributed by atoms with Crippen molar-refractivity contribution < 1.29 is 17.9 Å². The maximum atomic E-state index is 12.4. The van der Waals surface area contributed by atoms with E-state index in [4.69, 9.17) is 4.74 Å². The molecule has 1 fully saturated rings. The average molecular weight is 287 g/mol. The monoisotopic (exact) mass is 287 g/mol. The molecule has 1 saturated carbocycles. The quantitative estimate of drug-likeness (QED) is 0.802. The zero-order valence-electron chi connectivity index (χ0n) is 11.4. The van der Waals surface area contributed by atoms with E-state index in [1.165, 1.54) is 37.8 Å². The first-order valence-corrected chi connectivity index (χ1v) is 7.06. The van der Waals surface area contributed by atoms with Crippen molar-refractivity contribution in [3.8, 4) is 5.75 Å². The first-order chi connectivity index (χ1) is 9.55. The summed E-state index contributed by atoms with van der Waals surface area (Å²) in [5.74, 6) is 1.25. The van der Waals surface area contributed by atoms with Crippen LogP contribution < -0.4 is 10.1 Å². The van der Waals surface area contributed by atoms with Gasteiger partial charge in [0.05, 0.1) is 5.56 Å². The Kier molecular flexibility index (Phi) is 5.29. The van der Waals surface area contributed by atoms with Gasteiger partial charge < -0.3 is 10.1 Å². The highest BCUT2D eigenvalue weighted by atomic mass is 19.4. The predicted octanol–water partition coefficient (Wildman–Crippen LogP) is 3.86. The molecule has 0 bridgehead atoms. The third kappa shape index (κ3) is 4.71. The van der Waals surface area contributed by atoms with E-state index in [1.54, 1.807) is 0 Å². The Morgan fingerprint density at radius 2 is 1.75 bits per heavy atom. The van der Waals surface area contributed by atoms with Crippen molar-refractivity contribution in [3.05, 3.63) is 29.8 Å². The van der Waals surface area contributed by atoms with Gasteiger partial charge in [0.25, 0.3) is 0 Å². The highest BCUT2D eigenvalue weighted by Gasteiger charge is 2.29. The van der Waals surface area contributed by atoms with E-state index in [0.717, 1.165) is 31.1 Å². The van der Waals surface area contributed by atoms with Crippen molar-refractivity contribution in [2.45, 2.75) is 31.9 Å². The van der Waals surface area contributed by atoms with E-state index in [2.05, 4.69) is 5.32 Å². The van der Waals surface area contributed by atoms with Crippen molar-refractivity contribution in [2.75, 3.05) is 19.7 Å². The van der Waals surface area contributed by atoms with Crippen LogP contribution in [0, 0.1) is 5.92 Å². The van der Waals surface area contributed by atoms with Crippen molar-refractivity contribution in [2.24, 2.45) is 5.92 Å². The minimum atomic E-state index is -4.29. The number of hydrogen-bond donors (Lipinski definition) is 1. The highest BCUT2D eigenvalue weighted by Crippen LogP contribution is 2.30. The summed E-state index contributed by atoms with van der Waals surface area (Å²) >= 11 is 0. The highest BCUT2D eigenvalue weighted by molar-refractivity contribution is 5.28. The maximum Gasteiger partial charge on any atom is 0.416 e. The smallest absolute Gasteiger partial charge is 0.416 e. The molecule has 20 heavy (non-hydrogen) atoms. The Balaban J connectivity index is 1.64. The summed E-state index contributed by atoms with van der Waals surface area (Å²) in [4.78, 5) is 0. The number of hydrogen-bond acceptors (Lipinski definition) is 2. The number of benzene rings is 1. The van der Waals surface area contributed by atoms with E-state index < -0.39 is 11.7 Å². The van der Waals surface area contributed by atoms with E-state index in [9.17, 15) is 13.2 Å². The molecule has 0 unspecified atom stereocenters. The molecule has 112 valence electrons. The molecule has 0 spiro atoms. The molecule has 2 rings (SSSR count). The van der Waals surface area contributed by atoms with Gasteiger partial charge in [-0.25, -0.2) is 0 Å². The summed E-state index contributed by atoms with van der Waals surface area (Å²) in [5, 5.41) is 3.33. The van der Waals surface area contributed by atoms with Crippen molar-refractivity contribution in [1.82, 2.24) is 5.32 Å². The Bertz CT molecular complexity index is 397. The van der Waals surface area contributed by atoms with E-state index in [-0.39, 0.29) is 0 Å². The lowest BCUT2D eigenvalue weighted by atomic mass is 10.1. The van der Waals surface area contributed by atoms with Gasteiger partial charge in [-0.05, 0) is 49.6 Å². The summed E-state index contributed by atoms with van der Waals surface area (Å²) in [6.07, 6.45) is 0.962. The molecular weight excluding hydrogens is 267 g/mol. The Morgan fingerprint density at radius 1 is 1.10 bits per heavy atom. The fourth-order valence-electron chi connectivity index (χ4n) is 2.50. The van der Waals surface area contributed by atoms with Crippen LogP contribution in [0.5, 0.6) is 5.75 Å². The summed E-state index contributed by atoms with van der Waals surface area (Å²) in [7, 11) is 0. The van der Waals surface area contributed by atoms with Crippen LogP contribution in [-0.4, -0.2) is 19.7 Å². The van der Waals surface area contributed by atoms with Crippen LogP contribution in [0.1, 0.15) is 31.2 Å². The number of nitrogens with one attached hydrogen (secondary N) is 1. The van der Waals surface area contributed by atoms with Gasteiger partial charge in [0.15, 0.2) is 0 Å². The van der Waals surface area contributed by atoms with E-state index in [0.29, 0.717) is 12.4 Å². The minimum absolute atomic E-state index is 0.470. The molecule has 0 radical (unpaired) electrons. The first-order valence-electron chi connectivity index (χ1n) is 7.06. The van der Waals surface area contributed by atoms with Gasteiger partial charge in [-0.15, -0.1) is 0 Å². The van der Waals surface area contributed by atoms with Crippen molar-refractivity contribution in [3.63, 3.8) is 0 Å². The molecule has 0 aliphatic heterocycles. The molecule has 1 aliphatic rings. The molecule has 1 aromatic carbocycles. The van der Waals surface area contributed by atoms with Gasteiger partial charge >= 0.3 is 6.18 Å². The molecule has 0 amide bonds. The molecule has 1 aliphatic carbocycles. The fraction of sp³-hybridized carbons (Fsp3) is 0.600. The van der Waals surface area contributed by atoms with Crippen LogP contribution in [-0.2, 0) is 6.18 Å². The standard InChI is InChI=1S/C15H20F3NO/c16-15(17,18)13-5-7-14(8-6-13)20-10-9-19-11-12-3-1-2-4-12/h5-8,12,19H,1-4,9-11H2. The van der Waals surface area contributed by atoms with Crippen molar-refractivity contribution in [1.29, 1.82) is 0 Å². The molecule has 0 atom stereocenters. The lowest BCUT2D eigenvalue weighted by molar-refractivity contribution is -0.137. The van der Waals surface area contributed by atoms with E-state index in [1.807, 2.05) is 0 Å². The van der Waals surface area contributed by atoms with Crippen LogP contribution >= 0.6 is 0 Å². The summed E-state index contributed by atoms with van der Waals surface area (Å²) in [6.45, 7) is 2.20.